The summed E-state index contributed by atoms with van der Waals surface area (Å²) in [6.07, 6.45) is 3.27. The molecule has 0 N–H and O–H groups in total. The number of rotatable bonds is 5. The van der Waals surface area contributed by atoms with Crippen LogP contribution in [-0.4, -0.2) is 16.2 Å². The molecule has 2 aromatic heterocycles. The van der Waals surface area contributed by atoms with Crippen LogP contribution in [0, 0.1) is 5.21 Å². The lowest BCUT2D eigenvalue weighted by atomic mass is 10.2. The number of nitrogens with zero attached hydrogens (tertiary/aromatic N) is 3. The molecule has 0 aliphatic carbocycles. The Morgan fingerprint density at radius 2 is 2.08 bits per heavy atom. The van der Waals surface area contributed by atoms with Crippen molar-refractivity contribution in [1.29, 1.82) is 0 Å². The molecular formula is C17H14ClN3O2S2. The Morgan fingerprint density at radius 1 is 1.28 bits per heavy atom. The van der Waals surface area contributed by atoms with E-state index in [0.717, 1.165) is 10.3 Å². The van der Waals surface area contributed by atoms with E-state index in [-0.39, 0.29) is 11.7 Å². The maximum absolute atomic E-state index is 12.1. The Bertz CT molecular complexity index is 953. The number of hydrogen-bond donors (Lipinski definition) is 0. The van der Waals surface area contributed by atoms with Crippen LogP contribution in [-0.2, 0) is 11.3 Å². The van der Waals surface area contributed by atoms with Crippen LogP contribution in [0.3, 0.4) is 0 Å². The van der Waals surface area contributed by atoms with Crippen LogP contribution < -0.4 is 9.53 Å². The van der Waals surface area contributed by atoms with Gasteiger partial charge in [0.1, 0.15) is 0 Å². The fraction of sp³-hybridized carbons (Fsp3) is 0.118. The highest BCUT2D eigenvalue weighted by Crippen LogP contribution is 2.16. The van der Waals surface area contributed by atoms with Crippen LogP contribution >= 0.6 is 34.7 Å². The van der Waals surface area contributed by atoms with E-state index >= 15 is 0 Å². The lowest BCUT2D eigenvalue weighted by Crippen LogP contribution is -2.28. The highest BCUT2D eigenvalue weighted by atomic mass is 35.5. The summed E-state index contributed by atoms with van der Waals surface area (Å²) in [7, 11) is 0. The molecule has 0 saturated carbocycles. The number of carbonyl (C=O) groups is 1. The molecule has 0 spiro atoms. The third-order valence-electron chi connectivity index (χ3n) is 3.31. The first-order chi connectivity index (χ1) is 12.1. The summed E-state index contributed by atoms with van der Waals surface area (Å²) in [5.41, 5.74) is 0.961. The van der Waals surface area contributed by atoms with Gasteiger partial charge in [0, 0.05) is 28.7 Å². The molecule has 0 aliphatic rings. The minimum absolute atomic E-state index is 0.107. The van der Waals surface area contributed by atoms with Crippen molar-refractivity contribution in [2.24, 2.45) is 4.99 Å². The zero-order chi connectivity index (χ0) is 17.6. The highest BCUT2D eigenvalue weighted by molar-refractivity contribution is 7.99. The smallest absolute Gasteiger partial charge is 0.258 e. The van der Waals surface area contributed by atoms with Crippen molar-refractivity contribution in [2.75, 3.05) is 5.75 Å². The van der Waals surface area contributed by atoms with E-state index in [1.165, 1.54) is 29.3 Å². The van der Waals surface area contributed by atoms with Crippen LogP contribution in [0.25, 0.3) is 0 Å². The molecule has 2 heterocycles. The number of amides is 1. The van der Waals surface area contributed by atoms with Gasteiger partial charge in [0.25, 0.3) is 10.9 Å². The zero-order valence-corrected chi connectivity index (χ0v) is 15.4. The summed E-state index contributed by atoms with van der Waals surface area (Å²) >= 11 is 8.74. The first-order valence-electron chi connectivity index (χ1n) is 7.39. The van der Waals surface area contributed by atoms with Crippen molar-refractivity contribution in [3.8, 4) is 0 Å². The van der Waals surface area contributed by atoms with Gasteiger partial charge in [0.15, 0.2) is 11.0 Å². The van der Waals surface area contributed by atoms with Gasteiger partial charge in [-0.05, 0) is 29.5 Å². The molecule has 0 fully saturated rings. The number of carbonyl (C=O) groups excluding carboxylic acids is 1. The number of hydrogen-bond acceptors (Lipinski definition) is 4. The van der Waals surface area contributed by atoms with E-state index in [2.05, 4.69) is 4.99 Å². The SMILES string of the molecule is O=C(CSc1cccc[n+]1[O-])N=c1sccn1Cc1ccccc1Cl. The second-order valence-electron chi connectivity index (χ2n) is 5.06. The van der Waals surface area contributed by atoms with Gasteiger partial charge in [-0.3, -0.25) is 4.79 Å². The van der Waals surface area contributed by atoms with Crippen LogP contribution in [0.5, 0.6) is 0 Å². The Morgan fingerprint density at radius 3 is 2.88 bits per heavy atom. The largest absolute Gasteiger partial charge is 0.618 e. The summed E-state index contributed by atoms with van der Waals surface area (Å²) in [5, 5.41) is 14.6. The van der Waals surface area contributed by atoms with Gasteiger partial charge in [-0.15, -0.1) is 11.3 Å². The number of aromatic nitrogens is 2. The third kappa shape index (κ3) is 4.72. The van der Waals surface area contributed by atoms with Gasteiger partial charge in [-0.2, -0.15) is 9.72 Å². The van der Waals surface area contributed by atoms with E-state index in [1.807, 2.05) is 40.4 Å². The average molecular weight is 392 g/mol. The van der Waals surface area contributed by atoms with Crippen molar-refractivity contribution in [1.82, 2.24) is 4.57 Å². The summed E-state index contributed by atoms with van der Waals surface area (Å²) in [4.78, 5) is 16.9. The normalized spacial score (nSPS) is 11.6. The minimum Gasteiger partial charge on any atom is -0.618 e. The molecule has 1 amide bonds. The Labute approximate surface area is 157 Å². The van der Waals surface area contributed by atoms with Crippen LogP contribution in [0.4, 0.5) is 0 Å². The maximum atomic E-state index is 12.1. The molecule has 0 atom stereocenters. The molecular weight excluding hydrogens is 378 g/mol. The number of pyridine rings is 1. The Kier molecular flexibility index (Phi) is 5.91. The van der Waals surface area contributed by atoms with Crippen LogP contribution in [0.1, 0.15) is 5.56 Å². The van der Waals surface area contributed by atoms with Crippen molar-refractivity contribution in [2.45, 2.75) is 11.6 Å². The number of halogens is 1. The van der Waals surface area contributed by atoms with Gasteiger partial charge in [0.2, 0.25) is 0 Å². The van der Waals surface area contributed by atoms with Crippen molar-refractivity contribution in [3.63, 3.8) is 0 Å². The number of thiazole rings is 1. The number of benzene rings is 1. The first-order valence-corrected chi connectivity index (χ1v) is 9.64. The van der Waals surface area contributed by atoms with Crippen molar-refractivity contribution >= 4 is 40.6 Å². The average Bonchev–Trinajstić information content (AvgIpc) is 3.03. The molecule has 128 valence electrons. The lowest BCUT2D eigenvalue weighted by Gasteiger charge is -2.05. The van der Waals surface area contributed by atoms with Gasteiger partial charge in [0.05, 0.1) is 12.3 Å². The van der Waals surface area contributed by atoms with Crippen molar-refractivity contribution < 1.29 is 9.52 Å². The molecule has 3 aromatic rings. The monoisotopic (exact) mass is 391 g/mol. The van der Waals surface area contributed by atoms with Gasteiger partial charge >= 0.3 is 0 Å². The quantitative estimate of drug-likeness (QED) is 0.381. The molecule has 0 radical (unpaired) electrons. The number of thioether (sulfide) groups is 1. The Hall–Kier alpha value is -2.09. The molecule has 25 heavy (non-hydrogen) atoms. The summed E-state index contributed by atoms with van der Waals surface area (Å²) in [6, 6.07) is 12.7. The predicted molar refractivity (Wildman–Crippen MR) is 99.6 cm³/mol. The zero-order valence-electron chi connectivity index (χ0n) is 13.0. The van der Waals surface area contributed by atoms with E-state index in [1.54, 1.807) is 18.2 Å². The maximum Gasteiger partial charge on any atom is 0.258 e. The summed E-state index contributed by atoms with van der Waals surface area (Å²) in [6.45, 7) is 0.543. The molecule has 8 heteroatoms. The molecule has 1 aromatic carbocycles. The molecule has 3 rings (SSSR count). The van der Waals surface area contributed by atoms with Gasteiger partial charge < -0.3 is 9.77 Å². The van der Waals surface area contributed by atoms with Crippen LogP contribution in [0.2, 0.25) is 5.02 Å². The molecule has 5 nitrogen and oxygen atoms in total. The van der Waals surface area contributed by atoms with Crippen LogP contribution in [0.15, 0.2) is 70.3 Å². The van der Waals surface area contributed by atoms with Gasteiger partial charge in [-0.1, -0.05) is 29.8 Å². The minimum atomic E-state index is -0.288. The van der Waals surface area contributed by atoms with Crippen molar-refractivity contribution in [3.05, 3.63) is 80.8 Å². The topological polar surface area (TPSA) is 61.3 Å². The predicted octanol–water partition coefficient (Wildman–Crippen LogP) is 3.10. The fourth-order valence-corrected chi connectivity index (χ4v) is 3.76. The second kappa shape index (κ2) is 8.33. The molecule has 0 bridgehead atoms. The molecule has 0 aliphatic heterocycles. The second-order valence-corrected chi connectivity index (χ2v) is 7.34. The van der Waals surface area contributed by atoms with E-state index in [9.17, 15) is 10.0 Å². The Balaban J connectivity index is 1.72. The highest BCUT2D eigenvalue weighted by Gasteiger charge is 2.09. The lowest BCUT2D eigenvalue weighted by molar-refractivity contribution is -0.645. The van der Waals surface area contributed by atoms with Gasteiger partial charge in [-0.25, -0.2) is 0 Å². The standard InChI is InChI=1S/C17H14ClN3O2S2/c18-14-6-2-1-5-13(14)11-20-9-10-24-17(20)19-15(22)12-25-16-7-3-4-8-21(16)23/h1-10H,11-12H2. The fourth-order valence-electron chi connectivity index (χ4n) is 2.12. The first kappa shape index (κ1) is 17.7. The summed E-state index contributed by atoms with van der Waals surface area (Å²) < 4.78 is 2.62. The van der Waals surface area contributed by atoms with E-state index < -0.39 is 0 Å². The van der Waals surface area contributed by atoms with E-state index in [0.29, 0.717) is 21.4 Å². The molecule has 0 saturated heterocycles. The summed E-state index contributed by atoms with van der Waals surface area (Å²) in [5.74, 6) is -0.180. The molecule has 0 unspecified atom stereocenters. The third-order valence-corrected chi connectivity index (χ3v) is 5.48. The van der Waals surface area contributed by atoms with E-state index in [4.69, 9.17) is 11.6 Å².